The number of aliphatic hydroxyl groups excluding tert-OH is 1. The molecule has 1 aliphatic carbocycles. The summed E-state index contributed by atoms with van der Waals surface area (Å²) in [6, 6.07) is 10.5. The summed E-state index contributed by atoms with van der Waals surface area (Å²) in [7, 11) is 0. The van der Waals surface area contributed by atoms with Gasteiger partial charge < -0.3 is 5.11 Å². The molecule has 0 spiro atoms. The first-order valence-electron chi connectivity index (χ1n) is 9.29. The fraction of sp³-hybridized carbons (Fsp3) is 0.286. The molecule has 0 unspecified atom stereocenters. The van der Waals surface area contributed by atoms with Crippen molar-refractivity contribution in [3.8, 4) is 11.3 Å². The summed E-state index contributed by atoms with van der Waals surface area (Å²) in [6.07, 6.45) is 5.33. The Hall–Kier alpha value is -1.67. The minimum atomic E-state index is 0.140. The zero-order valence-electron chi connectivity index (χ0n) is 15.4. The van der Waals surface area contributed by atoms with Gasteiger partial charge >= 0.3 is 0 Å². The molecule has 0 saturated heterocycles. The highest BCUT2D eigenvalue weighted by molar-refractivity contribution is 7.99. The van der Waals surface area contributed by atoms with Crippen LogP contribution in [-0.2, 0) is 12.8 Å². The molecule has 3 heterocycles. The van der Waals surface area contributed by atoms with Gasteiger partial charge in [-0.25, -0.2) is 15.0 Å². The van der Waals surface area contributed by atoms with Crippen LogP contribution in [0.5, 0.6) is 0 Å². The van der Waals surface area contributed by atoms with Crippen LogP contribution in [0.2, 0.25) is 0 Å². The quantitative estimate of drug-likeness (QED) is 0.269. The van der Waals surface area contributed by atoms with Gasteiger partial charge in [-0.05, 0) is 36.6 Å². The number of hydrogen-bond acceptors (Lipinski definition) is 7. The largest absolute Gasteiger partial charge is 0.396 e. The Morgan fingerprint density at radius 1 is 1.07 bits per heavy atom. The molecule has 0 amide bonds. The predicted molar refractivity (Wildman–Crippen MR) is 120 cm³/mol. The molecule has 1 aromatic carbocycles. The topological polar surface area (TPSA) is 58.9 Å². The maximum atomic E-state index is 9.28. The van der Waals surface area contributed by atoms with E-state index in [-0.39, 0.29) is 6.61 Å². The lowest BCUT2D eigenvalue weighted by atomic mass is 10.0. The van der Waals surface area contributed by atoms with Crippen molar-refractivity contribution in [3.63, 3.8) is 0 Å². The van der Waals surface area contributed by atoms with E-state index in [9.17, 15) is 5.11 Å². The van der Waals surface area contributed by atoms with E-state index in [1.54, 1.807) is 34.9 Å². The fourth-order valence-electron chi connectivity index (χ4n) is 3.89. The summed E-state index contributed by atoms with van der Waals surface area (Å²) in [6.45, 7) is 0.140. The lowest BCUT2D eigenvalue weighted by molar-refractivity contribution is 0.322. The number of nitrogens with zero attached hydrogens (tertiary/aromatic N) is 3. The Bertz CT molecular complexity index is 1170. The van der Waals surface area contributed by atoms with E-state index in [1.807, 2.05) is 12.3 Å². The number of aromatic nitrogens is 3. The molecule has 4 nitrogen and oxygen atoms in total. The van der Waals surface area contributed by atoms with Crippen molar-refractivity contribution < 1.29 is 5.11 Å². The van der Waals surface area contributed by atoms with Crippen LogP contribution in [0.1, 0.15) is 17.5 Å². The fourth-order valence-corrected chi connectivity index (χ4v) is 6.31. The third-order valence-electron chi connectivity index (χ3n) is 5.04. The van der Waals surface area contributed by atoms with Gasteiger partial charge in [-0.15, -0.1) is 23.1 Å². The first-order valence-corrected chi connectivity index (χ1v) is 12.3. The van der Waals surface area contributed by atoms with Crippen LogP contribution < -0.4 is 0 Å². The van der Waals surface area contributed by atoms with Crippen LogP contribution in [0.15, 0.2) is 40.5 Å². The molecule has 0 fully saturated rings. The zero-order chi connectivity index (χ0) is 19.1. The molecule has 0 radical (unpaired) electrons. The van der Waals surface area contributed by atoms with Crippen molar-refractivity contribution in [2.24, 2.45) is 0 Å². The van der Waals surface area contributed by atoms with Gasteiger partial charge in [-0.1, -0.05) is 42.1 Å². The lowest BCUT2D eigenvalue weighted by Gasteiger charge is -2.09. The minimum absolute atomic E-state index is 0.140. The number of aryl methyl sites for hydroxylation is 1. The number of pyridine rings is 1. The Kier molecular flexibility index (Phi) is 5.00. The third-order valence-corrected chi connectivity index (χ3v) is 7.75. The van der Waals surface area contributed by atoms with Crippen molar-refractivity contribution in [3.05, 3.63) is 41.5 Å². The second-order valence-corrected chi connectivity index (χ2v) is 9.54. The SMILES string of the molecule is CSc1nc(SCCO)c2sc3nc(-c4ccccc4)c4c(c3c2n1)CCC4. The monoisotopic (exact) mass is 425 g/mol. The average molecular weight is 426 g/mol. The molecule has 0 saturated carbocycles. The van der Waals surface area contributed by atoms with Crippen molar-refractivity contribution in [1.29, 1.82) is 0 Å². The lowest BCUT2D eigenvalue weighted by Crippen LogP contribution is -1.95. The summed E-state index contributed by atoms with van der Waals surface area (Å²) in [4.78, 5) is 15.8. The molecule has 0 aliphatic heterocycles. The predicted octanol–water partition coefficient (Wildman–Crippen LogP) is 5.20. The van der Waals surface area contributed by atoms with Crippen molar-refractivity contribution in [1.82, 2.24) is 15.0 Å². The van der Waals surface area contributed by atoms with Crippen molar-refractivity contribution in [2.45, 2.75) is 29.4 Å². The van der Waals surface area contributed by atoms with Crippen LogP contribution >= 0.6 is 34.9 Å². The third kappa shape index (κ3) is 3.01. The van der Waals surface area contributed by atoms with Crippen molar-refractivity contribution in [2.75, 3.05) is 18.6 Å². The van der Waals surface area contributed by atoms with Crippen LogP contribution in [-0.4, -0.2) is 38.7 Å². The van der Waals surface area contributed by atoms with Gasteiger partial charge in [-0.2, -0.15) is 0 Å². The minimum Gasteiger partial charge on any atom is -0.396 e. The van der Waals surface area contributed by atoms with Gasteiger partial charge in [0.15, 0.2) is 5.16 Å². The van der Waals surface area contributed by atoms with E-state index in [0.29, 0.717) is 5.75 Å². The average Bonchev–Trinajstić information content (AvgIpc) is 3.36. The normalized spacial score (nSPS) is 13.5. The van der Waals surface area contributed by atoms with Crippen LogP contribution in [0, 0.1) is 0 Å². The second-order valence-electron chi connectivity index (χ2n) is 6.68. The summed E-state index contributed by atoms with van der Waals surface area (Å²) < 4.78 is 1.10. The standard InChI is InChI=1S/C21H19N3OS3/c1-26-21-23-17-15-13-8-5-9-14(13)16(12-6-3-2-4-7-12)22-19(15)28-18(17)20(24-21)27-11-10-25/h2-4,6-7,25H,5,8-11H2,1H3. The van der Waals surface area contributed by atoms with E-state index in [1.165, 1.54) is 28.5 Å². The molecule has 1 aliphatic rings. The van der Waals surface area contributed by atoms with E-state index in [4.69, 9.17) is 15.0 Å². The van der Waals surface area contributed by atoms with Crippen molar-refractivity contribution >= 4 is 55.3 Å². The van der Waals surface area contributed by atoms with E-state index < -0.39 is 0 Å². The Morgan fingerprint density at radius 3 is 2.68 bits per heavy atom. The molecule has 0 atom stereocenters. The zero-order valence-corrected chi connectivity index (χ0v) is 17.9. The molecular formula is C21H19N3OS3. The summed E-state index contributed by atoms with van der Waals surface area (Å²) >= 11 is 4.84. The molecule has 4 aromatic rings. The van der Waals surface area contributed by atoms with Gasteiger partial charge in [0.05, 0.1) is 22.5 Å². The molecule has 1 N–H and O–H groups in total. The maximum absolute atomic E-state index is 9.28. The number of benzene rings is 1. The smallest absolute Gasteiger partial charge is 0.189 e. The molecule has 7 heteroatoms. The molecule has 142 valence electrons. The highest BCUT2D eigenvalue weighted by atomic mass is 32.2. The molecule has 0 bridgehead atoms. The number of fused-ring (bicyclic) bond motifs is 5. The van der Waals surface area contributed by atoms with E-state index >= 15 is 0 Å². The number of aliphatic hydroxyl groups is 1. The molecule has 5 rings (SSSR count). The number of thiophene rings is 1. The molecular weight excluding hydrogens is 406 g/mol. The summed E-state index contributed by atoms with van der Waals surface area (Å²) in [5, 5.41) is 12.2. The first-order chi connectivity index (χ1) is 13.8. The first kappa shape index (κ1) is 18.4. The molecule has 3 aromatic heterocycles. The van der Waals surface area contributed by atoms with Gasteiger partial charge in [-0.3, -0.25) is 0 Å². The van der Waals surface area contributed by atoms with Gasteiger partial charge in [0.1, 0.15) is 9.86 Å². The van der Waals surface area contributed by atoms with E-state index in [0.717, 1.165) is 43.8 Å². The highest BCUT2D eigenvalue weighted by Crippen LogP contribution is 2.44. The number of thioether (sulfide) groups is 2. The van der Waals surface area contributed by atoms with Crippen LogP contribution in [0.3, 0.4) is 0 Å². The molecule has 28 heavy (non-hydrogen) atoms. The Balaban J connectivity index is 1.82. The second kappa shape index (κ2) is 7.63. The van der Waals surface area contributed by atoms with Crippen LogP contribution in [0.4, 0.5) is 0 Å². The number of rotatable bonds is 5. The Labute approximate surface area is 175 Å². The maximum Gasteiger partial charge on any atom is 0.189 e. The van der Waals surface area contributed by atoms with Gasteiger partial charge in [0, 0.05) is 16.7 Å². The van der Waals surface area contributed by atoms with E-state index in [2.05, 4.69) is 24.3 Å². The summed E-state index contributed by atoms with van der Waals surface area (Å²) in [5.41, 5.74) is 6.14. The van der Waals surface area contributed by atoms with Crippen LogP contribution in [0.25, 0.3) is 31.7 Å². The number of hydrogen-bond donors (Lipinski definition) is 1. The van der Waals surface area contributed by atoms with Gasteiger partial charge in [0.25, 0.3) is 0 Å². The van der Waals surface area contributed by atoms with Gasteiger partial charge in [0.2, 0.25) is 0 Å². The highest BCUT2D eigenvalue weighted by Gasteiger charge is 2.25. The summed E-state index contributed by atoms with van der Waals surface area (Å²) in [5.74, 6) is 0.634. The Morgan fingerprint density at radius 2 is 1.89 bits per heavy atom.